The van der Waals surface area contributed by atoms with Crippen molar-refractivity contribution in [2.75, 3.05) is 26.2 Å². The minimum absolute atomic E-state index is 0.324. The molecule has 0 amide bonds. The van der Waals surface area contributed by atoms with Crippen LogP contribution in [0.15, 0.2) is 0 Å². The van der Waals surface area contributed by atoms with Crippen LogP contribution in [0.4, 0.5) is 0 Å². The number of rotatable bonds is 6. The lowest BCUT2D eigenvalue weighted by Crippen LogP contribution is -2.46. The lowest BCUT2D eigenvalue weighted by Gasteiger charge is -2.28. The van der Waals surface area contributed by atoms with Crippen LogP contribution in [0.3, 0.4) is 0 Å². The van der Waals surface area contributed by atoms with Gasteiger partial charge in [-0.1, -0.05) is 27.7 Å². The molecular formula is C14H28N2O2. The van der Waals surface area contributed by atoms with Gasteiger partial charge < -0.3 is 15.3 Å². The predicted molar refractivity (Wildman–Crippen MR) is 73.7 cm³/mol. The number of nitrogens with one attached hydrogen (secondary N) is 1. The van der Waals surface area contributed by atoms with E-state index in [-0.39, 0.29) is 0 Å². The van der Waals surface area contributed by atoms with Gasteiger partial charge in [-0.05, 0) is 37.3 Å². The summed E-state index contributed by atoms with van der Waals surface area (Å²) in [5.41, 5.74) is 0.324. The number of aliphatic carboxylic acids is 1. The summed E-state index contributed by atoms with van der Waals surface area (Å²) < 4.78 is 0. The molecule has 2 atom stereocenters. The number of nitrogens with zero attached hydrogens (tertiary/aromatic N) is 1. The van der Waals surface area contributed by atoms with E-state index in [4.69, 9.17) is 0 Å². The second-order valence-corrected chi connectivity index (χ2v) is 6.46. The molecule has 0 radical (unpaired) electrons. The number of hydrogen-bond acceptors (Lipinski definition) is 3. The zero-order valence-corrected chi connectivity index (χ0v) is 12.2. The average molecular weight is 256 g/mol. The molecule has 1 aliphatic heterocycles. The fraction of sp³-hybridized carbons (Fsp3) is 0.929. The number of likely N-dealkylation sites (tertiary alicyclic amines) is 1. The summed E-state index contributed by atoms with van der Waals surface area (Å²) in [7, 11) is 0. The Morgan fingerprint density at radius 2 is 2.17 bits per heavy atom. The van der Waals surface area contributed by atoms with E-state index in [0.717, 1.165) is 26.1 Å². The molecule has 1 fully saturated rings. The molecule has 18 heavy (non-hydrogen) atoms. The maximum Gasteiger partial charge on any atom is 0.322 e. The summed E-state index contributed by atoms with van der Waals surface area (Å²) in [4.78, 5) is 13.5. The van der Waals surface area contributed by atoms with Crippen molar-refractivity contribution in [2.45, 2.75) is 46.6 Å². The highest BCUT2D eigenvalue weighted by Gasteiger charge is 2.33. The normalized spacial score (nSPS) is 23.2. The van der Waals surface area contributed by atoms with Crippen LogP contribution in [-0.4, -0.2) is 48.2 Å². The Kier molecular flexibility index (Phi) is 5.60. The van der Waals surface area contributed by atoms with Crippen molar-refractivity contribution in [1.82, 2.24) is 10.2 Å². The zero-order chi connectivity index (χ0) is 13.8. The van der Waals surface area contributed by atoms with Gasteiger partial charge in [-0.25, -0.2) is 0 Å². The summed E-state index contributed by atoms with van der Waals surface area (Å²) >= 11 is 0. The maximum absolute atomic E-state index is 11.2. The lowest BCUT2D eigenvalue weighted by atomic mass is 9.80. The fourth-order valence-corrected chi connectivity index (χ4v) is 2.51. The summed E-state index contributed by atoms with van der Waals surface area (Å²) in [5.74, 6) is -0.0548. The van der Waals surface area contributed by atoms with Crippen molar-refractivity contribution in [1.29, 1.82) is 0 Å². The van der Waals surface area contributed by atoms with E-state index in [1.807, 2.05) is 0 Å². The van der Waals surface area contributed by atoms with Crippen LogP contribution in [0.5, 0.6) is 0 Å². The minimum Gasteiger partial charge on any atom is -0.480 e. The predicted octanol–water partition coefficient (Wildman–Crippen LogP) is 1.81. The lowest BCUT2D eigenvalue weighted by molar-refractivity contribution is -0.139. The van der Waals surface area contributed by atoms with Gasteiger partial charge in [0.1, 0.15) is 6.04 Å². The molecule has 0 bridgehead atoms. The second-order valence-electron chi connectivity index (χ2n) is 6.46. The van der Waals surface area contributed by atoms with Gasteiger partial charge in [-0.15, -0.1) is 0 Å². The Bertz CT molecular complexity index is 273. The molecule has 0 aliphatic carbocycles. The van der Waals surface area contributed by atoms with Crippen LogP contribution in [-0.2, 0) is 4.79 Å². The van der Waals surface area contributed by atoms with E-state index in [1.165, 1.54) is 6.42 Å². The second kappa shape index (κ2) is 6.53. The van der Waals surface area contributed by atoms with Crippen molar-refractivity contribution < 1.29 is 9.90 Å². The Morgan fingerprint density at radius 1 is 1.50 bits per heavy atom. The third kappa shape index (κ3) is 4.58. The molecule has 0 aromatic rings. The molecule has 1 rings (SSSR count). The van der Waals surface area contributed by atoms with E-state index in [1.54, 1.807) is 0 Å². The standard InChI is InChI=1S/C14H28N2O2/c1-5-7-15-12(13(17)18)10-16-8-6-11(9-16)14(2,3)4/h11-12,15H,5-10H2,1-4H3,(H,17,18). The SMILES string of the molecule is CCCNC(CN1CCC(C(C)(C)C)C1)C(=O)O. The first-order chi connectivity index (χ1) is 8.34. The molecule has 2 unspecified atom stereocenters. The van der Waals surface area contributed by atoms with Crippen LogP contribution < -0.4 is 5.32 Å². The first-order valence-corrected chi connectivity index (χ1v) is 7.03. The fourth-order valence-electron chi connectivity index (χ4n) is 2.51. The maximum atomic E-state index is 11.2. The smallest absolute Gasteiger partial charge is 0.322 e. The Labute approximate surface area is 111 Å². The molecular weight excluding hydrogens is 228 g/mol. The molecule has 1 heterocycles. The Morgan fingerprint density at radius 3 is 2.61 bits per heavy atom. The summed E-state index contributed by atoms with van der Waals surface area (Å²) in [6, 6.07) is -0.427. The molecule has 2 N–H and O–H groups in total. The first-order valence-electron chi connectivity index (χ1n) is 7.03. The largest absolute Gasteiger partial charge is 0.480 e. The van der Waals surface area contributed by atoms with Crippen LogP contribution >= 0.6 is 0 Å². The monoisotopic (exact) mass is 256 g/mol. The van der Waals surface area contributed by atoms with Crippen LogP contribution in [0.25, 0.3) is 0 Å². The van der Waals surface area contributed by atoms with Crippen molar-refractivity contribution >= 4 is 5.97 Å². The van der Waals surface area contributed by atoms with Crippen molar-refractivity contribution in [3.8, 4) is 0 Å². The molecule has 0 aromatic heterocycles. The van der Waals surface area contributed by atoms with E-state index in [0.29, 0.717) is 17.9 Å². The van der Waals surface area contributed by atoms with Gasteiger partial charge >= 0.3 is 5.97 Å². The number of carboxylic acids is 1. The molecule has 106 valence electrons. The highest BCUT2D eigenvalue weighted by Crippen LogP contribution is 2.33. The molecule has 4 nitrogen and oxygen atoms in total. The van der Waals surface area contributed by atoms with Gasteiger partial charge in [0.15, 0.2) is 0 Å². The number of carboxylic acid groups (broad SMARTS) is 1. The zero-order valence-electron chi connectivity index (χ0n) is 12.2. The summed E-state index contributed by atoms with van der Waals surface area (Å²) in [6.45, 7) is 12.3. The Balaban J connectivity index is 2.44. The van der Waals surface area contributed by atoms with Gasteiger partial charge in [0.05, 0.1) is 0 Å². The van der Waals surface area contributed by atoms with Gasteiger partial charge in [0.25, 0.3) is 0 Å². The quantitative estimate of drug-likeness (QED) is 0.761. The summed E-state index contributed by atoms with van der Waals surface area (Å²) in [5, 5.41) is 12.3. The third-order valence-electron chi connectivity index (χ3n) is 3.88. The Hall–Kier alpha value is -0.610. The van der Waals surface area contributed by atoms with Crippen LogP contribution in [0.2, 0.25) is 0 Å². The van der Waals surface area contributed by atoms with Gasteiger partial charge in [0, 0.05) is 13.1 Å². The third-order valence-corrected chi connectivity index (χ3v) is 3.88. The average Bonchev–Trinajstić information content (AvgIpc) is 2.71. The topological polar surface area (TPSA) is 52.6 Å². The number of hydrogen-bond donors (Lipinski definition) is 2. The van der Waals surface area contributed by atoms with Crippen LogP contribution in [0.1, 0.15) is 40.5 Å². The molecule has 0 saturated carbocycles. The first kappa shape index (κ1) is 15.4. The highest BCUT2D eigenvalue weighted by atomic mass is 16.4. The van der Waals surface area contributed by atoms with E-state index in [9.17, 15) is 9.90 Å². The van der Waals surface area contributed by atoms with E-state index in [2.05, 4.69) is 37.9 Å². The molecule has 4 heteroatoms. The van der Waals surface area contributed by atoms with E-state index < -0.39 is 12.0 Å². The van der Waals surface area contributed by atoms with Crippen molar-refractivity contribution in [3.05, 3.63) is 0 Å². The van der Waals surface area contributed by atoms with Gasteiger partial charge in [0.2, 0.25) is 0 Å². The molecule has 0 aromatic carbocycles. The van der Waals surface area contributed by atoms with Gasteiger partial charge in [-0.3, -0.25) is 4.79 Å². The highest BCUT2D eigenvalue weighted by molar-refractivity contribution is 5.73. The minimum atomic E-state index is -0.734. The molecule has 1 saturated heterocycles. The number of carbonyl (C=O) groups is 1. The van der Waals surface area contributed by atoms with Gasteiger partial charge in [-0.2, -0.15) is 0 Å². The molecule has 1 aliphatic rings. The van der Waals surface area contributed by atoms with Crippen molar-refractivity contribution in [3.63, 3.8) is 0 Å². The van der Waals surface area contributed by atoms with Crippen LogP contribution in [0, 0.1) is 11.3 Å². The molecule has 0 spiro atoms. The summed E-state index contributed by atoms with van der Waals surface area (Å²) in [6.07, 6.45) is 2.15. The van der Waals surface area contributed by atoms with Crippen molar-refractivity contribution in [2.24, 2.45) is 11.3 Å². The van der Waals surface area contributed by atoms with E-state index >= 15 is 0 Å².